The van der Waals surface area contributed by atoms with Gasteiger partial charge in [-0.25, -0.2) is 25.8 Å². The summed E-state index contributed by atoms with van der Waals surface area (Å²) >= 11 is 6.34. The molecule has 0 amide bonds. The molecule has 2 aromatic carbocycles. The van der Waals surface area contributed by atoms with E-state index >= 15 is 0 Å². The summed E-state index contributed by atoms with van der Waals surface area (Å²) in [6.45, 7) is 1.97. The molecule has 5 rings (SSSR count). The van der Waals surface area contributed by atoms with Gasteiger partial charge in [0.05, 0.1) is 20.8 Å². The Labute approximate surface area is 231 Å². The molecule has 0 bridgehead atoms. The quantitative estimate of drug-likeness (QED) is 0.227. The predicted molar refractivity (Wildman–Crippen MR) is 149 cm³/mol. The lowest BCUT2D eigenvalue weighted by Gasteiger charge is -2.31. The van der Waals surface area contributed by atoms with Crippen LogP contribution in [0.15, 0.2) is 71.8 Å². The molecule has 0 spiro atoms. The van der Waals surface area contributed by atoms with Crippen LogP contribution in [-0.4, -0.2) is 60.2 Å². The van der Waals surface area contributed by atoms with Gasteiger partial charge in [-0.1, -0.05) is 54.1 Å². The highest BCUT2D eigenvalue weighted by Gasteiger charge is 2.29. The van der Waals surface area contributed by atoms with Crippen molar-refractivity contribution in [2.24, 2.45) is 0 Å². The Kier molecular flexibility index (Phi) is 7.23. The van der Waals surface area contributed by atoms with E-state index in [4.69, 9.17) is 11.6 Å². The van der Waals surface area contributed by atoms with Crippen LogP contribution in [0.25, 0.3) is 22.3 Å². The number of pyridine rings is 1. The number of nitro groups is 1. The molecule has 1 saturated heterocycles. The van der Waals surface area contributed by atoms with E-state index in [0.717, 1.165) is 15.7 Å². The number of benzene rings is 2. The smallest absolute Gasteiger partial charge is 0.299 e. The van der Waals surface area contributed by atoms with Crippen LogP contribution in [0.1, 0.15) is 18.4 Å². The van der Waals surface area contributed by atoms with Crippen LogP contribution in [0, 0.1) is 10.1 Å². The Morgan fingerprint density at radius 3 is 2.26 bits per heavy atom. The van der Waals surface area contributed by atoms with Crippen molar-refractivity contribution < 1.29 is 21.8 Å². The summed E-state index contributed by atoms with van der Waals surface area (Å²) in [6.07, 6.45) is 3.42. The largest absolute Gasteiger partial charge is 0.306 e. The number of halogens is 1. The van der Waals surface area contributed by atoms with Crippen LogP contribution in [0.3, 0.4) is 0 Å². The van der Waals surface area contributed by atoms with E-state index in [9.17, 15) is 26.9 Å². The zero-order valence-electron chi connectivity index (χ0n) is 20.9. The monoisotopic (exact) mass is 588 g/mol. The van der Waals surface area contributed by atoms with E-state index in [0.29, 0.717) is 38.0 Å². The van der Waals surface area contributed by atoms with Crippen molar-refractivity contribution in [2.45, 2.75) is 29.5 Å². The SMILES string of the molecule is CS(=O)(=O)C1CCN(Cc2ccc(-c3cc4c(Cl)c([N+](=O)[O-])cnc4n3S(=O)(=O)c3ccccc3)cc2)CC1. The lowest BCUT2D eigenvalue weighted by Crippen LogP contribution is -2.38. The number of hydrogen-bond acceptors (Lipinski definition) is 8. The first kappa shape index (κ1) is 27.3. The molecule has 0 atom stereocenters. The molecular weight excluding hydrogens is 564 g/mol. The summed E-state index contributed by atoms with van der Waals surface area (Å²) in [5, 5.41) is 11.1. The molecule has 0 unspecified atom stereocenters. The zero-order valence-corrected chi connectivity index (χ0v) is 23.3. The summed E-state index contributed by atoms with van der Waals surface area (Å²) in [7, 11) is -7.18. The summed E-state index contributed by atoms with van der Waals surface area (Å²) in [6, 6.07) is 16.7. The minimum Gasteiger partial charge on any atom is -0.299 e. The van der Waals surface area contributed by atoms with Gasteiger partial charge in [-0.3, -0.25) is 15.0 Å². The van der Waals surface area contributed by atoms with Crippen molar-refractivity contribution in [2.75, 3.05) is 19.3 Å². The summed E-state index contributed by atoms with van der Waals surface area (Å²) in [5.74, 6) is 0. The third-order valence-electron chi connectivity index (χ3n) is 6.98. The maximum atomic E-state index is 13.8. The van der Waals surface area contributed by atoms with E-state index < -0.39 is 30.5 Å². The molecule has 39 heavy (non-hydrogen) atoms. The first-order chi connectivity index (χ1) is 18.5. The topological polar surface area (TPSA) is 132 Å². The Hall–Kier alpha value is -3.32. The zero-order chi connectivity index (χ0) is 27.9. The maximum absolute atomic E-state index is 13.8. The molecule has 204 valence electrons. The predicted octanol–water partition coefficient (Wildman–Crippen LogP) is 4.51. The van der Waals surface area contributed by atoms with E-state index in [1.54, 1.807) is 30.3 Å². The first-order valence-corrected chi connectivity index (χ1v) is 15.9. The number of likely N-dealkylation sites (tertiary alicyclic amines) is 1. The van der Waals surface area contributed by atoms with Gasteiger partial charge in [-0.05, 0) is 55.3 Å². The third-order valence-corrected chi connectivity index (χ3v) is 10.8. The summed E-state index contributed by atoms with van der Waals surface area (Å²) < 4.78 is 52.3. The molecule has 0 N–H and O–H groups in total. The average Bonchev–Trinajstić information content (AvgIpc) is 3.31. The Morgan fingerprint density at radius 2 is 1.67 bits per heavy atom. The van der Waals surface area contributed by atoms with Crippen LogP contribution in [-0.2, 0) is 26.4 Å². The molecular formula is C26H25ClN4O6S2. The fourth-order valence-electron chi connectivity index (χ4n) is 4.89. The highest BCUT2D eigenvalue weighted by atomic mass is 35.5. The van der Waals surface area contributed by atoms with Crippen LogP contribution >= 0.6 is 11.6 Å². The van der Waals surface area contributed by atoms with Gasteiger partial charge in [0, 0.05) is 18.2 Å². The molecule has 2 aromatic heterocycles. The third kappa shape index (κ3) is 5.29. The highest BCUT2D eigenvalue weighted by Crippen LogP contribution is 2.38. The number of aromatic nitrogens is 2. The molecule has 4 aromatic rings. The van der Waals surface area contributed by atoms with Gasteiger partial charge in [0.1, 0.15) is 21.1 Å². The molecule has 10 nitrogen and oxygen atoms in total. The molecule has 0 saturated carbocycles. The van der Waals surface area contributed by atoms with Crippen LogP contribution in [0.2, 0.25) is 5.02 Å². The minimum absolute atomic E-state index is 0.0118. The lowest BCUT2D eigenvalue weighted by molar-refractivity contribution is -0.384. The number of hydrogen-bond donors (Lipinski definition) is 0. The van der Waals surface area contributed by atoms with Gasteiger partial charge in [0.2, 0.25) is 0 Å². The average molecular weight is 589 g/mol. The van der Waals surface area contributed by atoms with Gasteiger partial charge in [-0.15, -0.1) is 0 Å². The molecule has 3 heterocycles. The van der Waals surface area contributed by atoms with Crippen molar-refractivity contribution in [1.29, 1.82) is 0 Å². The number of fused-ring (bicyclic) bond motifs is 1. The summed E-state index contributed by atoms with van der Waals surface area (Å²) in [5.41, 5.74) is 1.38. The fourth-order valence-corrected chi connectivity index (χ4v) is 7.71. The molecule has 13 heteroatoms. The van der Waals surface area contributed by atoms with Crippen molar-refractivity contribution >= 4 is 48.2 Å². The normalized spacial score (nSPS) is 15.5. The van der Waals surface area contributed by atoms with Crippen LogP contribution in [0.4, 0.5) is 5.69 Å². The highest BCUT2D eigenvalue weighted by molar-refractivity contribution is 7.91. The van der Waals surface area contributed by atoms with Crippen molar-refractivity contribution in [3.05, 3.63) is 87.6 Å². The summed E-state index contributed by atoms with van der Waals surface area (Å²) in [4.78, 5) is 17.1. The fraction of sp³-hybridized carbons (Fsp3) is 0.269. The second kappa shape index (κ2) is 10.3. The second-order valence-electron chi connectivity index (χ2n) is 9.57. The van der Waals surface area contributed by atoms with Gasteiger partial charge in [0.25, 0.3) is 10.0 Å². The van der Waals surface area contributed by atoms with E-state index in [1.165, 1.54) is 24.5 Å². The van der Waals surface area contributed by atoms with Gasteiger partial charge >= 0.3 is 5.69 Å². The molecule has 1 aliphatic rings. The molecule has 0 aliphatic carbocycles. The second-order valence-corrected chi connectivity index (χ2v) is 14.1. The Morgan fingerprint density at radius 1 is 1.03 bits per heavy atom. The number of piperidine rings is 1. The first-order valence-electron chi connectivity index (χ1n) is 12.1. The Balaban J connectivity index is 1.53. The van der Waals surface area contributed by atoms with Crippen LogP contribution in [0.5, 0.6) is 0 Å². The van der Waals surface area contributed by atoms with Gasteiger partial charge < -0.3 is 0 Å². The molecule has 0 radical (unpaired) electrons. The van der Waals surface area contributed by atoms with Gasteiger partial charge in [0.15, 0.2) is 5.65 Å². The molecule has 1 aliphatic heterocycles. The standard InChI is InChI=1S/C26H25ClN4O6S2/c1-38(34,35)20-11-13-29(14-12-20)17-18-7-9-19(10-8-18)23-15-22-25(27)24(31(32)33)16-28-26(22)30(23)39(36,37)21-5-3-2-4-6-21/h2-10,15-16,20H,11-14,17H2,1H3. The number of nitrogens with zero attached hydrogens (tertiary/aromatic N) is 4. The molecule has 1 fully saturated rings. The van der Waals surface area contributed by atoms with E-state index in [-0.39, 0.29) is 31.9 Å². The van der Waals surface area contributed by atoms with Gasteiger partial charge in [-0.2, -0.15) is 0 Å². The maximum Gasteiger partial charge on any atom is 0.306 e. The minimum atomic E-state index is -4.13. The van der Waals surface area contributed by atoms with Crippen molar-refractivity contribution in [1.82, 2.24) is 13.9 Å². The van der Waals surface area contributed by atoms with Crippen molar-refractivity contribution in [3.8, 4) is 11.3 Å². The van der Waals surface area contributed by atoms with Crippen LogP contribution < -0.4 is 0 Å². The van der Waals surface area contributed by atoms with E-state index in [2.05, 4.69) is 9.88 Å². The number of sulfone groups is 1. The van der Waals surface area contributed by atoms with Crippen molar-refractivity contribution in [3.63, 3.8) is 0 Å². The van der Waals surface area contributed by atoms with E-state index in [1.807, 2.05) is 12.1 Å². The number of rotatable bonds is 7. The lowest BCUT2D eigenvalue weighted by atomic mass is 10.1. The Bertz CT molecular complexity index is 1760.